The van der Waals surface area contributed by atoms with Gasteiger partial charge in [-0.05, 0) is 37.1 Å². The van der Waals surface area contributed by atoms with Gasteiger partial charge in [0.25, 0.3) is 0 Å². The molecule has 0 saturated heterocycles. The highest BCUT2D eigenvalue weighted by Crippen LogP contribution is 2.50. The van der Waals surface area contributed by atoms with Gasteiger partial charge < -0.3 is 14.2 Å². The summed E-state index contributed by atoms with van der Waals surface area (Å²) >= 11 is 0. The van der Waals surface area contributed by atoms with E-state index in [0.29, 0.717) is 53.3 Å². The summed E-state index contributed by atoms with van der Waals surface area (Å²) in [5.74, 6) is -0.0349. The smallest absolute Gasteiger partial charge is 0.416 e. The number of carbonyl (C=O) groups excluding carboxylic acids is 2. The first kappa shape index (κ1) is 23.7. The Bertz CT molecular complexity index is 1170. The molecule has 9 heteroatoms. The van der Waals surface area contributed by atoms with Gasteiger partial charge in [-0.2, -0.15) is 13.2 Å². The molecule has 34 heavy (non-hydrogen) atoms. The quantitative estimate of drug-likeness (QED) is 0.591. The topological polar surface area (TPSA) is 65.1 Å². The van der Waals surface area contributed by atoms with Crippen LogP contribution in [0.15, 0.2) is 47.7 Å². The van der Waals surface area contributed by atoms with Crippen molar-refractivity contribution in [1.29, 1.82) is 0 Å². The van der Waals surface area contributed by atoms with Gasteiger partial charge in [0.15, 0.2) is 17.3 Å². The van der Waals surface area contributed by atoms with Crippen molar-refractivity contribution in [2.45, 2.75) is 37.8 Å². The molecule has 6 nitrogen and oxygen atoms in total. The fourth-order valence-electron chi connectivity index (χ4n) is 4.78. The number of Topliss-reactive ketones (excluding diaryl/α,β-unsaturated/α-hetero) is 1. The molecule has 1 atom stereocenters. The Balaban J connectivity index is 1.89. The number of methoxy groups -OCH3 is 3. The highest BCUT2D eigenvalue weighted by Gasteiger charge is 2.42. The number of halogens is 3. The lowest BCUT2D eigenvalue weighted by Crippen LogP contribution is -2.40. The number of carbonyl (C=O) groups is 2. The van der Waals surface area contributed by atoms with Gasteiger partial charge in [0.1, 0.15) is 0 Å². The second kappa shape index (κ2) is 9.04. The molecule has 0 spiro atoms. The fraction of sp³-hybridized carbons (Fsp3) is 0.360. The molecule has 4 rings (SSSR count). The molecular formula is C25H24F3NO5. The number of hydrogen-bond acceptors (Lipinski definition) is 5. The molecule has 0 bridgehead atoms. The zero-order valence-corrected chi connectivity index (χ0v) is 19.0. The fourth-order valence-corrected chi connectivity index (χ4v) is 4.78. The van der Waals surface area contributed by atoms with E-state index in [2.05, 4.69) is 0 Å². The van der Waals surface area contributed by atoms with Gasteiger partial charge in [0.05, 0.1) is 26.9 Å². The molecule has 1 heterocycles. The standard InChI is InChI=1S/C25H24F3NO5/c1-32-20-11-10-16(23(33-2)24(20)34-3)17-13-21(31)29(18-8-5-9-19(30)22(17)18)15-7-4-6-14(12-15)25(26,27)28/h4,6-7,10-12,17H,5,8-9,13H2,1-3H3/t17-/m1/s1. The Kier molecular flexibility index (Phi) is 6.29. The van der Waals surface area contributed by atoms with E-state index in [0.717, 1.165) is 12.1 Å². The zero-order chi connectivity index (χ0) is 24.6. The third kappa shape index (κ3) is 3.99. The molecule has 0 radical (unpaired) electrons. The Morgan fingerprint density at radius 3 is 2.32 bits per heavy atom. The maximum absolute atomic E-state index is 13.4. The predicted molar refractivity (Wildman–Crippen MR) is 118 cm³/mol. The van der Waals surface area contributed by atoms with E-state index >= 15 is 0 Å². The van der Waals surface area contributed by atoms with Gasteiger partial charge in [-0.3, -0.25) is 14.5 Å². The Morgan fingerprint density at radius 2 is 1.68 bits per heavy atom. The van der Waals surface area contributed by atoms with Crippen LogP contribution in [0.2, 0.25) is 0 Å². The van der Waals surface area contributed by atoms with Crippen LogP contribution in [0, 0.1) is 0 Å². The summed E-state index contributed by atoms with van der Waals surface area (Å²) in [4.78, 5) is 27.8. The SMILES string of the molecule is COc1ccc([C@H]2CC(=O)N(c3cccc(C(F)(F)F)c3)C3=C2C(=O)CCC3)c(OC)c1OC. The van der Waals surface area contributed by atoms with Crippen molar-refractivity contribution in [3.8, 4) is 17.2 Å². The molecule has 1 aliphatic heterocycles. The van der Waals surface area contributed by atoms with E-state index in [1.807, 2.05) is 0 Å². The van der Waals surface area contributed by atoms with Crippen molar-refractivity contribution in [3.05, 3.63) is 58.8 Å². The number of allylic oxidation sites excluding steroid dienone is 2. The average molecular weight is 475 g/mol. The van der Waals surface area contributed by atoms with Crippen LogP contribution in [0.3, 0.4) is 0 Å². The maximum Gasteiger partial charge on any atom is 0.416 e. The molecule has 1 aliphatic carbocycles. The first-order valence-electron chi connectivity index (χ1n) is 10.8. The third-order valence-electron chi connectivity index (χ3n) is 6.22. The van der Waals surface area contributed by atoms with Gasteiger partial charge in [-0.1, -0.05) is 12.1 Å². The Labute approximate surface area is 194 Å². The minimum absolute atomic E-state index is 0.0970. The van der Waals surface area contributed by atoms with Crippen LogP contribution < -0.4 is 19.1 Å². The molecule has 2 aromatic carbocycles. The van der Waals surface area contributed by atoms with Crippen molar-refractivity contribution in [3.63, 3.8) is 0 Å². The number of anilines is 1. The minimum atomic E-state index is -4.55. The normalized spacial score (nSPS) is 18.6. The van der Waals surface area contributed by atoms with Crippen molar-refractivity contribution >= 4 is 17.4 Å². The summed E-state index contributed by atoms with van der Waals surface area (Å²) in [7, 11) is 4.40. The summed E-state index contributed by atoms with van der Waals surface area (Å²) in [5, 5.41) is 0. The van der Waals surface area contributed by atoms with Crippen LogP contribution in [0.4, 0.5) is 18.9 Å². The molecule has 2 aliphatic rings. The number of rotatable bonds is 5. The highest BCUT2D eigenvalue weighted by atomic mass is 19.4. The van der Waals surface area contributed by atoms with Crippen molar-refractivity contribution in [1.82, 2.24) is 0 Å². The summed E-state index contributed by atoms with van der Waals surface area (Å²) in [6.45, 7) is 0. The predicted octanol–water partition coefficient (Wildman–Crippen LogP) is 5.26. The summed E-state index contributed by atoms with van der Waals surface area (Å²) in [6.07, 6.45) is -3.45. The Hall–Kier alpha value is -3.49. The first-order valence-corrected chi connectivity index (χ1v) is 10.8. The molecule has 0 N–H and O–H groups in total. The van der Waals surface area contributed by atoms with Gasteiger partial charge in [0, 0.05) is 41.3 Å². The number of ketones is 1. The highest BCUT2D eigenvalue weighted by molar-refractivity contribution is 6.07. The van der Waals surface area contributed by atoms with Crippen molar-refractivity contribution < 1.29 is 37.0 Å². The van der Waals surface area contributed by atoms with Gasteiger partial charge in [-0.15, -0.1) is 0 Å². The summed E-state index contributed by atoms with van der Waals surface area (Å²) in [6, 6.07) is 8.02. The van der Waals surface area contributed by atoms with Gasteiger partial charge in [-0.25, -0.2) is 0 Å². The van der Waals surface area contributed by atoms with Crippen LogP contribution in [-0.4, -0.2) is 33.0 Å². The summed E-state index contributed by atoms with van der Waals surface area (Å²) in [5.41, 5.74) is 0.688. The van der Waals surface area contributed by atoms with Crippen LogP contribution >= 0.6 is 0 Å². The van der Waals surface area contributed by atoms with E-state index < -0.39 is 23.6 Å². The lowest BCUT2D eigenvalue weighted by atomic mass is 9.76. The number of benzene rings is 2. The molecule has 0 saturated carbocycles. The van der Waals surface area contributed by atoms with Gasteiger partial charge in [0.2, 0.25) is 11.7 Å². The molecule has 180 valence electrons. The van der Waals surface area contributed by atoms with Crippen molar-refractivity contribution in [2.75, 3.05) is 26.2 Å². The molecule has 0 aromatic heterocycles. The number of alkyl halides is 3. The largest absolute Gasteiger partial charge is 0.493 e. The van der Waals surface area contributed by atoms with Crippen LogP contribution in [-0.2, 0) is 15.8 Å². The number of nitrogens with zero attached hydrogens (tertiary/aromatic N) is 1. The zero-order valence-electron chi connectivity index (χ0n) is 19.0. The van der Waals surface area contributed by atoms with E-state index in [9.17, 15) is 22.8 Å². The second-order valence-electron chi connectivity index (χ2n) is 8.09. The number of amides is 1. The van der Waals surface area contributed by atoms with E-state index in [1.165, 1.54) is 38.4 Å². The van der Waals surface area contributed by atoms with E-state index in [4.69, 9.17) is 14.2 Å². The van der Waals surface area contributed by atoms with Gasteiger partial charge >= 0.3 is 6.18 Å². The molecular weight excluding hydrogens is 451 g/mol. The van der Waals surface area contributed by atoms with Crippen molar-refractivity contribution in [2.24, 2.45) is 0 Å². The molecule has 2 aromatic rings. The van der Waals surface area contributed by atoms with Crippen LogP contribution in [0.5, 0.6) is 17.2 Å². The van der Waals surface area contributed by atoms with E-state index in [1.54, 1.807) is 12.1 Å². The second-order valence-corrected chi connectivity index (χ2v) is 8.09. The van der Waals surface area contributed by atoms with E-state index in [-0.39, 0.29) is 17.9 Å². The maximum atomic E-state index is 13.4. The lowest BCUT2D eigenvalue weighted by molar-refractivity contribution is -0.137. The summed E-state index contributed by atoms with van der Waals surface area (Å²) < 4.78 is 56.3. The average Bonchev–Trinajstić information content (AvgIpc) is 2.82. The number of hydrogen-bond donors (Lipinski definition) is 0. The third-order valence-corrected chi connectivity index (χ3v) is 6.22. The minimum Gasteiger partial charge on any atom is -0.493 e. The molecule has 0 fully saturated rings. The van der Waals surface area contributed by atoms with Crippen LogP contribution in [0.25, 0.3) is 0 Å². The molecule has 0 unspecified atom stereocenters. The number of ether oxygens (including phenoxy) is 3. The van der Waals surface area contributed by atoms with Crippen LogP contribution in [0.1, 0.15) is 42.7 Å². The first-order chi connectivity index (χ1) is 16.2. The lowest BCUT2D eigenvalue weighted by Gasteiger charge is -2.39. The molecule has 1 amide bonds. The Morgan fingerprint density at radius 1 is 0.941 bits per heavy atom. The monoisotopic (exact) mass is 475 g/mol.